The molecule has 1 aliphatic carbocycles. The van der Waals surface area contributed by atoms with Crippen molar-refractivity contribution in [1.29, 1.82) is 0 Å². The first-order chi connectivity index (χ1) is 10.4. The number of piperidine rings is 1. The van der Waals surface area contributed by atoms with Crippen molar-refractivity contribution in [2.75, 3.05) is 33.9 Å². The number of nitrogens with one attached hydrogen (secondary N) is 1. The number of amides is 1. The van der Waals surface area contributed by atoms with Gasteiger partial charge in [-0.15, -0.1) is 0 Å². The summed E-state index contributed by atoms with van der Waals surface area (Å²) in [4.78, 5) is 17.2. The van der Waals surface area contributed by atoms with E-state index < -0.39 is 20.7 Å². The smallest absolute Gasteiger partial charge is 0.242 e. The second-order valence-electron chi connectivity index (χ2n) is 6.26. The lowest BCUT2D eigenvalue weighted by Crippen LogP contribution is -2.55. The van der Waals surface area contributed by atoms with Gasteiger partial charge in [0.1, 0.15) is 4.75 Å². The van der Waals surface area contributed by atoms with Gasteiger partial charge in [-0.2, -0.15) is 5.06 Å². The molecular weight excluding hydrogens is 308 g/mol. The molecule has 0 aromatic rings. The molecule has 0 spiro atoms. The van der Waals surface area contributed by atoms with Gasteiger partial charge >= 0.3 is 0 Å². The Morgan fingerprint density at radius 2 is 1.91 bits per heavy atom. The quantitative estimate of drug-likeness (QED) is 0.736. The molecule has 128 valence electrons. The van der Waals surface area contributed by atoms with Crippen molar-refractivity contribution in [2.45, 2.75) is 43.3 Å². The van der Waals surface area contributed by atoms with E-state index in [0.29, 0.717) is 12.8 Å². The topological polar surface area (TPSA) is 84.9 Å². The minimum absolute atomic E-state index is 0.141. The summed E-state index contributed by atoms with van der Waals surface area (Å²) in [6.45, 7) is 1.69. The van der Waals surface area contributed by atoms with E-state index in [0.717, 1.165) is 32.4 Å². The van der Waals surface area contributed by atoms with Gasteiger partial charge in [-0.05, 0) is 38.0 Å². The maximum absolute atomic E-state index is 12.4. The fourth-order valence-electron chi connectivity index (χ4n) is 3.18. The molecule has 1 saturated carbocycles. The summed E-state index contributed by atoms with van der Waals surface area (Å²) in [5, 5.41) is 1.85. The van der Waals surface area contributed by atoms with Crippen molar-refractivity contribution in [2.24, 2.45) is 5.92 Å². The standard InChI is InChI=1S/C14H26N2O5S/c1-20-11-14(6-3-7-14)22(18,19)15-13(17)10-12-4-8-16(21-2)9-5-12/h12H,3-11H2,1-2H3,(H,15,17). The van der Waals surface area contributed by atoms with E-state index in [2.05, 4.69) is 4.72 Å². The van der Waals surface area contributed by atoms with Crippen LogP contribution in [0, 0.1) is 5.92 Å². The molecule has 2 fully saturated rings. The van der Waals surface area contributed by atoms with E-state index >= 15 is 0 Å². The van der Waals surface area contributed by atoms with E-state index in [1.165, 1.54) is 7.11 Å². The second kappa shape index (κ2) is 7.25. The molecule has 2 rings (SSSR count). The lowest BCUT2D eigenvalue weighted by Gasteiger charge is -2.40. The van der Waals surface area contributed by atoms with Gasteiger partial charge in [0.25, 0.3) is 0 Å². The third kappa shape index (κ3) is 3.79. The van der Waals surface area contributed by atoms with Gasteiger partial charge in [0.05, 0.1) is 13.7 Å². The van der Waals surface area contributed by atoms with Gasteiger partial charge in [-0.1, -0.05) is 0 Å². The predicted molar refractivity (Wildman–Crippen MR) is 81.4 cm³/mol. The number of hydroxylamine groups is 2. The number of hydrogen-bond donors (Lipinski definition) is 1. The first-order valence-electron chi connectivity index (χ1n) is 7.75. The van der Waals surface area contributed by atoms with Gasteiger partial charge in [0.15, 0.2) is 0 Å². The third-order valence-corrected chi connectivity index (χ3v) is 6.96. The van der Waals surface area contributed by atoms with Crippen molar-refractivity contribution in [1.82, 2.24) is 9.79 Å². The molecule has 0 atom stereocenters. The Morgan fingerprint density at radius 3 is 2.36 bits per heavy atom. The third-order valence-electron chi connectivity index (χ3n) is 4.80. The zero-order valence-corrected chi connectivity index (χ0v) is 14.2. The van der Waals surface area contributed by atoms with Crippen molar-refractivity contribution in [3.63, 3.8) is 0 Å². The normalized spacial score (nSPS) is 23.0. The van der Waals surface area contributed by atoms with Crippen LogP contribution in [0.3, 0.4) is 0 Å². The fraction of sp³-hybridized carbons (Fsp3) is 0.929. The molecule has 0 radical (unpaired) electrons. The number of hydrogen-bond acceptors (Lipinski definition) is 6. The first kappa shape index (κ1) is 17.7. The van der Waals surface area contributed by atoms with Gasteiger partial charge in [0.2, 0.25) is 15.9 Å². The molecule has 2 aliphatic rings. The number of methoxy groups -OCH3 is 1. The Labute approximate surface area is 132 Å². The van der Waals surface area contributed by atoms with E-state index in [4.69, 9.17) is 9.57 Å². The molecule has 1 amide bonds. The van der Waals surface area contributed by atoms with Crippen LogP contribution >= 0.6 is 0 Å². The summed E-state index contributed by atoms with van der Waals surface area (Å²) in [7, 11) is -0.553. The number of carbonyl (C=O) groups is 1. The van der Waals surface area contributed by atoms with Crippen LogP contribution in [0.5, 0.6) is 0 Å². The molecule has 7 nitrogen and oxygen atoms in total. The van der Waals surface area contributed by atoms with Gasteiger partial charge in [0, 0.05) is 26.6 Å². The van der Waals surface area contributed by atoms with E-state index in [-0.39, 0.29) is 18.9 Å². The Bertz CT molecular complexity index is 481. The highest BCUT2D eigenvalue weighted by Crippen LogP contribution is 2.39. The molecule has 0 unspecified atom stereocenters. The number of nitrogens with zero attached hydrogens (tertiary/aromatic N) is 1. The molecule has 1 N–H and O–H groups in total. The summed E-state index contributed by atoms with van der Waals surface area (Å²) in [6.07, 6.45) is 3.88. The first-order valence-corrected chi connectivity index (χ1v) is 9.24. The molecule has 0 aromatic heterocycles. The molecule has 22 heavy (non-hydrogen) atoms. The Kier molecular flexibility index (Phi) is 5.81. The number of carbonyl (C=O) groups excluding carboxylic acids is 1. The van der Waals surface area contributed by atoms with E-state index in [1.807, 2.05) is 5.06 Å². The number of ether oxygens (including phenoxy) is 1. The zero-order chi connectivity index (χ0) is 16.2. The van der Waals surface area contributed by atoms with Crippen LogP contribution in [0.4, 0.5) is 0 Å². The van der Waals surface area contributed by atoms with E-state index in [1.54, 1.807) is 7.11 Å². The number of rotatable bonds is 7. The van der Waals surface area contributed by atoms with Crippen LogP contribution in [-0.4, -0.2) is 58.1 Å². The minimum atomic E-state index is -3.67. The molecule has 1 heterocycles. The Morgan fingerprint density at radius 1 is 1.27 bits per heavy atom. The maximum atomic E-state index is 12.4. The molecule has 0 bridgehead atoms. The monoisotopic (exact) mass is 334 g/mol. The van der Waals surface area contributed by atoms with Gasteiger partial charge < -0.3 is 9.57 Å². The maximum Gasteiger partial charge on any atom is 0.242 e. The van der Waals surface area contributed by atoms with Crippen molar-refractivity contribution < 1.29 is 22.8 Å². The summed E-state index contributed by atoms with van der Waals surface area (Å²) in [5.41, 5.74) is 0. The highest BCUT2D eigenvalue weighted by Gasteiger charge is 2.49. The van der Waals surface area contributed by atoms with Crippen LogP contribution in [0.15, 0.2) is 0 Å². The van der Waals surface area contributed by atoms with Gasteiger partial charge in [-0.3, -0.25) is 9.52 Å². The molecule has 8 heteroatoms. The predicted octanol–water partition coefficient (Wildman–Crippen LogP) is 0.665. The van der Waals surface area contributed by atoms with Crippen LogP contribution in [0.25, 0.3) is 0 Å². The zero-order valence-electron chi connectivity index (χ0n) is 13.3. The van der Waals surface area contributed by atoms with Crippen LogP contribution in [0.1, 0.15) is 38.5 Å². The lowest BCUT2D eigenvalue weighted by molar-refractivity contribution is -0.149. The SMILES string of the molecule is COCC1(S(=O)(=O)NC(=O)CC2CCN(OC)CC2)CCC1. The van der Waals surface area contributed by atoms with Crippen LogP contribution in [0.2, 0.25) is 0 Å². The van der Waals surface area contributed by atoms with Crippen molar-refractivity contribution in [3.8, 4) is 0 Å². The van der Waals surface area contributed by atoms with Gasteiger partial charge in [-0.25, -0.2) is 8.42 Å². The highest BCUT2D eigenvalue weighted by atomic mass is 32.2. The minimum Gasteiger partial charge on any atom is -0.383 e. The van der Waals surface area contributed by atoms with Crippen molar-refractivity contribution >= 4 is 15.9 Å². The summed E-state index contributed by atoms with van der Waals surface area (Å²) in [6, 6.07) is 0. The summed E-state index contributed by atoms with van der Waals surface area (Å²) < 4.78 is 31.3. The second-order valence-corrected chi connectivity index (χ2v) is 8.33. The summed E-state index contributed by atoms with van der Waals surface area (Å²) in [5.74, 6) is -0.195. The van der Waals surface area contributed by atoms with E-state index in [9.17, 15) is 13.2 Å². The molecule has 1 saturated heterocycles. The highest BCUT2D eigenvalue weighted by molar-refractivity contribution is 7.91. The van der Waals surface area contributed by atoms with Crippen LogP contribution < -0.4 is 4.72 Å². The fourth-order valence-corrected chi connectivity index (χ4v) is 4.88. The molecule has 1 aliphatic heterocycles. The average molecular weight is 334 g/mol. The lowest BCUT2D eigenvalue weighted by atomic mass is 9.85. The van der Waals surface area contributed by atoms with Crippen LogP contribution in [-0.2, 0) is 24.4 Å². The largest absolute Gasteiger partial charge is 0.383 e. The number of sulfonamides is 1. The summed E-state index contributed by atoms with van der Waals surface area (Å²) >= 11 is 0. The average Bonchev–Trinajstić information content (AvgIpc) is 2.42. The molecule has 0 aromatic carbocycles. The molecular formula is C14H26N2O5S. The van der Waals surface area contributed by atoms with Crippen molar-refractivity contribution in [3.05, 3.63) is 0 Å². The Balaban J connectivity index is 1.86. The Hall–Kier alpha value is -0.700.